The Balaban J connectivity index is 2.38. The molecule has 1 aliphatic heterocycles. The molecule has 0 radical (unpaired) electrons. The molecule has 0 unspecified atom stereocenters. The van der Waals surface area contributed by atoms with E-state index < -0.39 is 11.6 Å². The second-order valence-corrected chi connectivity index (χ2v) is 5.63. The van der Waals surface area contributed by atoms with Crippen LogP contribution in [-0.4, -0.2) is 22.2 Å². The van der Waals surface area contributed by atoms with Crippen molar-refractivity contribution in [2.24, 2.45) is 0 Å². The van der Waals surface area contributed by atoms with E-state index in [0.29, 0.717) is 6.42 Å². The molecule has 4 nitrogen and oxygen atoms in total. The van der Waals surface area contributed by atoms with Gasteiger partial charge in [0.05, 0.1) is 0 Å². The fourth-order valence-electron chi connectivity index (χ4n) is 2.76. The van der Waals surface area contributed by atoms with Crippen LogP contribution in [0.25, 0.3) is 0 Å². The van der Waals surface area contributed by atoms with Gasteiger partial charge in [-0.05, 0) is 20.8 Å². The van der Waals surface area contributed by atoms with Crippen molar-refractivity contribution < 1.29 is 14.5 Å². The molecule has 1 aromatic rings. The van der Waals surface area contributed by atoms with Crippen molar-refractivity contribution >= 4 is 5.91 Å². The number of amides is 1. The average molecular weight is 235 g/mol. The molecule has 2 N–H and O–H groups in total. The van der Waals surface area contributed by atoms with E-state index in [1.165, 1.54) is 0 Å². The van der Waals surface area contributed by atoms with Crippen LogP contribution in [0.5, 0.6) is 0 Å². The number of carbonyl (C=O) groups is 1. The average Bonchev–Trinajstić information content (AvgIpc) is 2.14. The SMILES string of the molecule is CC1(C)C[C@](C)(O)[C@@H]([n+]2ccccc2)C(=O)N1. The van der Waals surface area contributed by atoms with Crippen molar-refractivity contribution in [3.63, 3.8) is 0 Å². The lowest BCUT2D eigenvalue weighted by atomic mass is 9.78. The first-order valence-corrected chi connectivity index (χ1v) is 5.82. The van der Waals surface area contributed by atoms with Gasteiger partial charge in [0.1, 0.15) is 5.60 Å². The molecule has 0 aromatic carbocycles. The lowest BCUT2D eigenvalue weighted by Gasteiger charge is -2.41. The summed E-state index contributed by atoms with van der Waals surface area (Å²) in [6, 6.07) is 5.01. The van der Waals surface area contributed by atoms with Crippen LogP contribution in [-0.2, 0) is 4.79 Å². The van der Waals surface area contributed by atoms with E-state index in [9.17, 15) is 9.90 Å². The molecule has 1 fully saturated rings. The van der Waals surface area contributed by atoms with E-state index in [1.54, 1.807) is 23.9 Å². The van der Waals surface area contributed by atoms with Gasteiger partial charge in [-0.3, -0.25) is 4.79 Å². The number of aliphatic hydroxyl groups is 1. The predicted octanol–water partition coefficient (Wildman–Crippen LogP) is 0.565. The van der Waals surface area contributed by atoms with E-state index in [-0.39, 0.29) is 11.4 Å². The maximum Gasteiger partial charge on any atom is 0.292 e. The molecular weight excluding hydrogens is 216 g/mol. The van der Waals surface area contributed by atoms with E-state index >= 15 is 0 Å². The Morgan fingerprint density at radius 3 is 2.41 bits per heavy atom. The number of piperidine rings is 1. The van der Waals surface area contributed by atoms with E-state index in [0.717, 1.165) is 0 Å². The normalized spacial score (nSPS) is 32.0. The van der Waals surface area contributed by atoms with E-state index in [1.807, 2.05) is 32.0 Å². The Kier molecular flexibility index (Phi) is 2.70. The standard InChI is InChI=1S/C13H18N2O2/c1-12(2)9-13(3,17)10(11(16)14-12)15-7-5-4-6-8-15/h4-8,10,17H,9H2,1-3H3/p+1/t10-,13-/m0/s1. The largest absolute Gasteiger partial charge is 0.383 e. The second-order valence-electron chi connectivity index (χ2n) is 5.63. The summed E-state index contributed by atoms with van der Waals surface area (Å²) in [5.74, 6) is -0.137. The van der Waals surface area contributed by atoms with Crippen molar-refractivity contribution in [1.82, 2.24) is 5.32 Å². The van der Waals surface area contributed by atoms with Crippen molar-refractivity contribution in [3.8, 4) is 0 Å². The molecule has 0 saturated carbocycles. The minimum Gasteiger partial charge on any atom is -0.383 e. The van der Waals surface area contributed by atoms with Gasteiger partial charge in [0.25, 0.3) is 11.9 Å². The summed E-state index contributed by atoms with van der Waals surface area (Å²) in [4.78, 5) is 12.1. The topological polar surface area (TPSA) is 53.2 Å². The first-order valence-electron chi connectivity index (χ1n) is 5.82. The van der Waals surface area contributed by atoms with Gasteiger partial charge in [0.2, 0.25) is 0 Å². The monoisotopic (exact) mass is 235 g/mol. The fraction of sp³-hybridized carbons (Fsp3) is 0.538. The van der Waals surface area contributed by atoms with Crippen molar-refractivity contribution in [3.05, 3.63) is 30.6 Å². The minimum atomic E-state index is -1.04. The Labute approximate surface area is 101 Å². The highest BCUT2D eigenvalue weighted by Crippen LogP contribution is 2.32. The summed E-state index contributed by atoms with van der Waals surface area (Å²) in [5, 5.41) is 13.5. The number of nitrogens with one attached hydrogen (secondary N) is 1. The summed E-state index contributed by atoms with van der Waals surface area (Å²) < 4.78 is 1.75. The summed E-state index contributed by atoms with van der Waals surface area (Å²) in [7, 11) is 0. The number of carbonyl (C=O) groups excluding carboxylic acids is 1. The van der Waals surface area contributed by atoms with Crippen LogP contribution in [0.1, 0.15) is 33.2 Å². The number of rotatable bonds is 1. The summed E-state index contributed by atoms with van der Waals surface area (Å²) in [5.41, 5.74) is -1.41. The van der Waals surface area contributed by atoms with Gasteiger partial charge in [0, 0.05) is 24.1 Å². The van der Waals surface area contributed by atoms with Crippen molar-refractivity contribution in [1.29, 1.82) is 0 Å². The van der Waals surface area contributed by atoms with Gasteiger partial charge in [-0.25, -0.2) is 0 Å². The maximum absolute atomic E-state index is 12.1. The third-order valence-electron chi connectivity index (χ3n) is 3.14. The Morgan fingerprint density at radius 1 is 1.29 bits per heavy atom. The molecular formula is C13H19N2O2+. The number of nitrogens with zero attached hydrogens (tertiary/aromatic N) is 1. The van der Waals surface area contributed by atoms with E-state index in [4.69, 9.17) is 0 Å². The quantitative estimate of drug-likeness (QED) is 0.699. The zero-order valence-corrected chi connectivity index (χ0v) is 10.5. The molecule has 0 aliphatic carbocycles. The molecule has 4 heteroatoms. The first-order chi connectivity index (χ1) is 7.82. The molecule has 17 heavy (non-hydrogen) atoms. The summed E-state index contributed by atoms with van der Waals surface area (Å²) in [6.45, 7) is 5.56. The van der Waals surface area contributed by atoms with Crippen LogP contribution in [0.15, 0.2) is 30.6 Å². The highest BCUT2D eigenvalue weighted by molar-refractivity contribution is 5.81. The number of hydrogen-bond acceptors (Lipinski definition) is 2. The molecule has 1 saturated heterocycles. The molecule has 2 atom stereocenters. The maximum atomic E-state index is 12.1. The number of pyridine rings is 1. The molecule has 0 bridgehead atoms. The highest BCUT2D eigenvalue weighted by atomic mass is 16.3. The van der Waals surface area contributed by atoms with Crippen LogP contribution in [0.2, 0.25) is 0 Å². The van der Waals surface area contributed by atoms with Crippen molar-refractivity contribution in [2.75, 3.05) is 0 Å². The molecule has 1 aliphatic rings. The Morgan fingerprint density at radius 2 is 1.88 bits per heavy atom. The molecule has 2 rings (SSSR count). The molecule has 92 valence electrons. The number of aromatic nitrogens is 1. The van der Waals surface area contributed by atoms with Crippen LogP contribution in [0, 0.1) is 0 Å². The van der Waals surface area contributed by atoms with Gasteiger partial charge >= 0.3 is 0 Å². The van der Waals surface area contributed by atoms with Gasteiger partial charge < -0.3 is 10.4 Å². The van der Waals surface area contributed by atoms with Gasteiger partial charge in [0.15, 0.2) is 12.4 Å². The van der Waals surface area contributed by atoms with Gasteiger partial charge in [-0.2, -0.15) is 4.57 Å². The Bertz CT molecular complexity index is 426. The lowest BCUT2D eigenvalue weighted by Crippen LogP contribution is -2.67. The minimum absolute atomic E-state index is 0.137. The van der Waals surface area contributed by atoms with E-state index in [2.05, 4.69) is 5.32 Å². The van der Waals surface area contributed by atoms with Crippen LogP contribution in [0.3, 0.4) is 0 Å². The summed E-state index contributed by atoms with van der Waals surface area (Å²) in [6.07, 6.45) is 4.13. The summed E-state index contributed by atoms with van der Waals surface area (Å²) >= 11 is 0. The third kappa shape index (κ3) is 2.31. The number of hydrogen-bond donors (Lipinski definition) is 2. The fourth-order valence-corrected chi connectivity index (χ4v) is 2.76. The van der Waals surface area contributed by atoms with Gasteiger partial charge in [-0.1, -0.05) is 6.07 Å². The zero-order valence-electron chi connectivity index (χ0n) is 10.5. The van der Waals surface area contributed by atoms with Crippen LogP contribution < -0.4 is 9.88 Å². The molecule has 0 spiro atoms. The predicted molar refractivity (Wildman–Crippen MR) is 63.1 cm³/mol. The van der Waals surface area contributed by atoms with Crippen molar-refractivity contribution in [2.45, 2.75) is 44.4 Å². The third-order valence-corrected chi connectivity index (χ3v) is 3.14. The molecule has 1 aromatic heterocycles. The smallest absolute Gasteiger partial charge is 0.292 e. The van der Waals surface area contributed by atoms with Gasteiger partial charge in [-0.15, -0.1) is 0 Å². The molecule has 1 amide bonds. The highest BCUT2D eigenvalue weighted by Gasteiger charge is 2.52. The van der Waals surface area contributed by atoms with Crippen LogP contribution >= 0.6 is 0 Å². The first kappa shape index (κ1) is 12.0. The second kappa shape index (κ2) is 3.81. The zero-order chi connectivity index (χ0) is 12.7. The Hall–Kier alpha value is -1.42. The van der Waals surface area contributed by atoms with Crippen LogP contribution in [0.4, 0.5) is 0 Å². The molecule has 2 heterocycles. The lowest BCUT2D eigenvalue weighted by molar-refractivity contribution is -0.724.